The number of carbonyl (C=O) groups is 1. The Morgan fingerprint density at radius 1 is 1.22 bits per heavy atom. The van der Waals surface area contributed by atoms with Gasteiger partial charge in [-0.05, 0) is 46.4 Å². The minimum absolute atomic E-state index is 0.00248. The molecule has 0 fully saturated rings. The summed E-state index contributed by atoms with van der Waals surface area (Å²) in [5.41, 5.74) is 1.39. The first-order chi connectivity index (χ1) is 8.58. The van der Waals surface area contributed by atoms with Crippen molar-refractivity contribution in [3.8, 4) is 0 Å². The molecule has 0 bridgehead atoms. The molecule has 0 saturated carbocycles. The van der Waals surface area contributed by atoms with Crippen molar-refractivity contribution < 1.29 is 9.18 Å². The number of rotatable bonds is 3. The zero-order valence-electron chi connectivity index (χ0n) is 9.29. The number of hydrogen-bond donors (Lipinski definition) is 0. The lowest BCUT2D eigenvalue weighted by Gasteiger charge is -2.04. The summed E-state index contributed by atoms with van der Waals surface area (Å²) < 4.78 is 13.9. The molecule has 0 aromatic heterocycles. The number of Topliss-reactive ketones (excluding diaryl/α,β-unsaturated/α-hetero) is 1. The van der Waals surface area contributed by atoms with Crippen LogP contribution in [0.4, 0.5) is 4.39 Å². The lowest BCUT2D eigenvalue weighted by Crippen LogP contribution is -2.05. The highest BCUT2D eigenvalue weighted by atomic mass is 127. The first-order valence-corrected chi connectivity index (χ1v) is 6.75. The molecule has 4 heteroatoms. The van der Waals surface area contributed by atoms with E-state index in [0.29, 0.717) is 11.1 Å². The van der Waals surface area contributed by atoms with E-state index >= 15 is 0 Å². The predicted molar refractivity (Wildman–Crippen MR) is 78.6 cm³/mol. The molecule has 0 radical (unpaired) electrons. The van der Waals surface area contributed by atoms with Crippen molar-refractivity contribution in [3.63, 3.8) is 0 Å². The normalized spacial score (nSPS) is 10.4. The Bertz CT molecular complexity index is 598. The molecule has 0 heterocycles. The van der Waals surface area contributed by atoms with Gasteiger partial charge in [0.2, 0.25) is 0 Å². The van der Waals surface area contributed by atoms with Gasteiger partial charge in [-0.2, -0.15) is 0 Å². The second-order valence-electron chi connectivity index (χ2n) is 3.83. The Balaban J connectivity index is 2.22. The summed E-state index contributed by atoms with van der Waals surface area (Å²) in [6, 6.07) is 11.7. The Morgan fingerprint density at radius 3 is 2.61 bits per heavy atom. The molecule has 0 saturated heterocycles. The third kappa shape index (κ3) is 3.09. The average Bonchev–Trinajstić information content (AvgIpc) is 2.34. The number of halogens is 3. The van der Waals surface area contributed by atoms with Crippen LogP contribution in [0.5, 0.6) is 0 Å². The van der Waals surface area contributed by atoms with Crippen molar-refractivity contribution in [3.05, 3.63) is 68.0 Å². The molecule has 2 aromatic rings. The highest BCUT2D eigenvalue weighted by Crippen LogP contribution is 2.19. The van der Waals surface area contributed by atoms with E-state index in [1.807, 2.05) is 18.2 Å². The maximum atomic E-state index is 13.0. The van der Waals surface area contributed by atoms with Crippen molar-refractivity contribution in [2.75, 3.05) is 0 Å². The van der Waals surface area contributed by atoms with Crippen LogP contribution in [0.2, 0.25) is 5.02 Å². The lowest BCUT2D eigenvalue weighted by molar-refractivity contribution is 0.0992. The Morgan fingerprint density at radius 2 is 1.94 bits per heavy atom. The lowest BCUT2D eigenvalue weighted by atomic mass is 10.0. The van der Waals surface area contributed by atoms with Crippen LogP contribution < -0.4 is 0 Å². The largest absolute Gasteiger partial charge is 0.294 e. The Kier molecular flexibility index (Phi) is 4.35. The number of ketones is 1. The minimum atomic E-state index is -0.470. The SMILES string of the molecule is O=C(Cc1ccc(F)c(Cl)c1)c1ccccc1I. The van der Waals surface area contributed by atoms with Crippen LogP contribution in [0, 0.1) is 9.39 Å². The number of hydrogen-bond acceptors (Lipinski definition) is 1. The van der Waals surface area contributed by atoms with E-state index in [0.717, 1.165) is 3.57 Å². The van der Waals surface area contributed by atoms with Gasteiger partial charge in [-0.3, -0.25) is 4.79 Å². The van der Waals surface area contributed by atoms with Crippen LogP contribution in [-0.2, 0) is 6.42 Å². The van der Waals surface area contributed by atoms with E-state index in [9.17, 15) is 9.18 Å². The summed E-state index contributed by atoms with van der Waals surface area (Å²) in [6.45, 7) is 0. The summed E-state index contributed by atoms with van der Waals surface area (Å²) in [5.74, 6) is -0.468. The van der Waals surface area contributed by atoms with Crippen molar-refractivity contribution in [1.29, 1.82) is 0 Å². The molecule has 18 heavy (non-hydrogen) atoms. The molecule has 2 aromatic carbocycles. The molecular weight excluding hydrogens is 366 g/mol. The van der Waals surface area contributed by atoms with Crippen LogP contribution in [0.1, 0.15) is 15.9 Å². The molecule has 0 aliphatic rings. The van der Waals surface area contributed by atoms with Crippen LogP contribution in [0.15, 0.2) is 42.5 Å². The van der Waals surface area contributed by atoms with Gasteiger partial charge in [0.05, 0.1) is 5.02 Å². The topological polar surface area (TPSA) is 17.1 Å². The fourth-order valence-corrected chi connectivity index (χ4v) is 2.51. The quantitative estimate of drug-likeness (QED) is 0.571. The third-order valence-corrected chi connectivity index (χ3v) is 3.75. The van der Waals surface area contributed by atoms with Gasteiger partial charge in [0.1, 0.15) is 5.82 Å². The summed E-state index contributed by atoms with van der Waals surface area (Å²) in [6.07, 6.45) is 0.222. The molecule has 0 unspecified atom stereocenters. The van der Waals surface area contributed by atoms with E-state index in [1.165, 1.54) is 12.1 Å². The second-order valence-corrected chi connectivity index (χ2v) is 5.40. The molecule has 0 aliphatic heterocycles. The predicted octanol–water partition coefficient (Wildman–Crippen LogP) is 4.51. The Hall–Kier alpha value is -0.940. The highest BCUT2D eigenvalue weighted by molar-refractivity contribution is 14.1. The molecule has 1 nitrogen and oxygen atoms in total. The first-order valence-electron chi connectivity index (χ1n) is 5.29. The molecule has 0 amide bonds. The maximum Gasteiger partial charge on any atom is 0.168 e. The molecule has 2 rings (SSSR count). The zero-order chi connectivity index (χ0) is 13.1. The summed E-state index contributed by atoms with van der Waals surface area (Å²) in [4.78, 5) is 12.1. The average molecular weight is 375 g/mol. The van der Waals surface area contributed by atoms with Crippen LogP contribution in [0.3, 0.4) is 0 Å². The van der Waals surface area contributed by atoms with Crippen molar-refractivity contribution in [2.24, 2.45) is 0 Å². The van der Waals surface area contributed by atoms with Crippen molar-refractivity contribution in [1.82, 2.24) is 0 Å². The number of benzene rings is 2. The fourth-order valence-electron chi connectivity index (χ4n) is 1.62. The van der Waals surface area contributed by atoms with Gasteiger partial charge >= 0.3 is 0 Å². The molecule has 0 atom stereocenters. The number of carbonyl (C=O) groups excluding carboxylic acids is 1. The van der Waals surface area contributed by atoms with Gasteiger partial charge in [0.15, 0.2) is 5.78 Å². The van der Waals surface area contributed by atoms with E-state index in [-0.39, 0.29) is 17.2 Å². The Labute approximate surface area is 123 Å². The van der Waals surface area contributed by atoms with Gasteiger partial charge in [0, 0.05) is 15.6 Å². The van der Waals surface area contributed by atoms with Crippen molar-refractivity contribution >= 4 is 40.0 Å². The fraction of sp³-hybridized carbons (Fsp3) is 0.0714. The van der Waals surface area contributed by atoms with Gasteiger partial charge in [-0.15, -0.1) is 0 Å². The summed E-state index contributed by atoms with van der Waals surface area (Å²) in [7, 11) is 0. The van der Waals surface area contributed by atoms with Gasteiger partial charge in [0.25, 0.3) is 0 Å². The van der Waals surface area contributed by atoms with Gasteiger partial charge < -0.3 is 0 Å². The van der Waals surface area contributed by atoms with E-state index in [2.05, 4.69) is 22.6 Å². The minimum Gasteiger partial charge on any atom is -0.294 e. The highest BCUT2D eigenvalue weighted by Gasteiger charge is 2.11. The van der Waals surface area contributed by atoms with Gasteiger partial charge in [-0.1, -0.05) is 35.9 Å². The molecule has 0 N–H and O–H groups in total. The maximum absolute atomic E-state index is 13.0. The third-order valence-electron chi connectivity index (χ3n) is 2.52. The molecular formula is C14H9ClFIO. The second kappa shape index (κ2) is 5.80. The van der Waals surface area contributed by atoms with E-state index in [1.54, 1.807) is 12.1 Å². The standard InChI is InChI=1S/C14H9ClFIO/c15-11-7-9(5-6-12(11)16)8-14(18)10-3-1-2-4-13(10)17/h1-7H,8H2. The molecule has 0 spiro atoms. The molecule has 0 aliphatic carbocycles. The van der Waals surface area contributed by atoms with Crippen LogP contribution >= 0.6 is 34.2 Å². The summed E-state index contributed by atoms with van der Waals surface area (Å²) >= 11 is 7.81. The van der Waals surface area contributed by atoms with Crippen LogP contribution in [0.25, 0.3) is 0 Å². The molecule has 92 valence electrons. The monoisotopic (exact) mass is 374 g/mol. The van der Waals surface area contributed by atoms with Crippen molar-refractivity contribution in [2.45, 2.75) is 6.42 Å². The van der Waals surface area contributed by atoms with E-state index in [4.69, 9.17) is 11.6 Å². The van der Waals surface area contributed by atoms with Crippen LogP contribution in [-0.4, -0.2) is 5.78 Å². The first kappa shape index (κ1) is 13.5. The smallest absolute Gasteiger partial charge is 0.168 e. The van der Waals surface area contributed by atoms with E-state index < -0.39 is 5.82 Å². The van der Waals surface area contributed by atoms with Gasteiger partial charge in [-0.25, -0.2) is 4.39 Å². The zero-order valence-corrected chi connectivity index (χ0v) is 12.2. The summed E-state index contributed by atoms with van der Waals surface area (Å²) in [5, 5.41) is 0.0445.